The normalized spacial score (nSPS) is 11.7. The van der Waals surface area contributed by atoms with Crippen molar-refractivity contribution in [3.8, 4) is 0 Å². The summed E-state index contributed by atoms with van der Waals surface area (Å²) in [5.41, 5.74) is 8.21. The SMILES string of the molecule is CC(C)(N)Cc1ccc(CCCF)cc1. The Balaban J connectivity index is 2.56. The van der Waals surface area contributed by atoms with E-state index in [1.807, 2.05) is 13.8 Å². The highest BCUT2D eigenvalue weighted by Gasteiger charge is 2.10. The van der Waals surface area contributed by atoms with Crippen molar-refractivity contribution in [3.63, 3.8) is 0 Å². The summed E-state index contributed by atoms with van der Waals surface area (Å²) in [7, 11) is 0. The van der Waals surface area contributed by atoms with Crippen molar-refractivity contribution in [3.05, 3.63) is 35.4 Å². The van der Waals surface area contributed by atoms with Gasteiger partial charge in [-0.1, -0.05) is 24.3 Å². The molecule has 0 fully saturated rings. The van der Waals surface area contributed by atoms with Gasteiger partial charge in [-0.15, -0.1) is 0 Å². The fourth-order valence-electron chi connectivity index (χ4n) is 1.62. The summed E-state index contributed by atoms with van der Waals surface area (Å²) in [6.45, 7) is 3.80. The molecule has 1 nitrogen and oxygen atoms in total. The first-order valence-corrected chi connectivity index (χ1v) is 5.44. The maximum atomic E-state index is 12.0. The first-order valence-electron chi connectivity index (χ1n) is 5.44. The van der Waals surface area contributed by atoms with Crippen LogP contribution in [0.2, 0.25) is 0 Å². The van der Waals surface area contributed by atoms with E-state index in [1.54, 1.807) is 0 Å². The molecule has 0 aliphatic heterocycles. The molecular weight excluding hydrogens is 189 g/mol. The smallest absolute Gasteiger partial charge is 0.0897 e. The van der Waals surface area contributed by atoms with Crippen LogP contribution >= 0.6 is 0 Å². The Bertz CT molecular complexity index is 284. The summed E-state index contributed by atoms with van der Waals surface area (Å²) >= 11 is 0. The average molecular weight is 209 g/mol. The summed E-state index contributed by atoms with van der Waals surface area (Å²) < 4.78 is 12.0. The molecular formula is C13H20FN. The van der Waals surface area contributed by atoms with Gasteiger partial charge in [-0.3, -0.25) is 4.39 Å². The van der Waals surface area contributed by atoms with E-state index in [0.29, 0.717) is 6.42 Å². The van der Waals surface area contributed by atoms with E-state index in [0.717, 1.165) is 12.8 Å². The van der Waals surface area contributed by atoms with Crippen LogP contribution in [0.3, 0.4) is 0 Å². The fourth-order valence-corrected chi connectivity index (χ4v) is 1.62. The van der Waals surface area contributed by atoms with Gasteiger partial charge in [-0.05, 0) is 44.2 Å². The van der Waals surface area contributed by atoms with E-state index in [4.69, 9.17) is 5.73 Å². The molecule has 1 aromatic rings. The third-order valence-corrected chi connectivity index (χ3v) is 2.28. The number of alkyl halides is 1. The lowest BCUT2D eigenvalue weighted by Crippen LogP contribution is -2.34. The van der Waals surface area contributed by atoms with Gasteiger partial charge in [0.15, 0.2) is 0 Å². The van der Waals surface area contributed by atoms with E-state index in [2.05, 4.69) is 24.3 Å². The highest BCUT2D eigenvalue weighted by Crippen LogP contribution is 2.12. The number of benzene rings is 1. The van der Waals surface area contributed by atoms with E-state index >= 15 is 0 Å². The Morgan fingerprint density at radius 3 is 2.13 bits per heavy atom. The summed E-state index contributed by atoms with van der Waals surface area (Å²) in [5.74, 6) is 0. The van der Waals surface area contributed by atoms with Crippen LogP contribution in [0.15, 0.2) is 24.3 Å². The Labute approximate surface area is 91.5 Å². The Morgan fingerprint density at radius 2 is 1.67 bits per heavy atom. The first-order chi connectivity index (χ1) is 7.01. The molecule has 2 N–H and O–H groups in total. The lowest BCUT2D eigenvalue weighted by Gasteiger charge is -2.18. The van der Waals surface area contributed by atoms with Crippen LogP contribution < -0.4 is 5.73 Å². The highest BCUT2D eigenvalue weighted by atomic mass is 19.1. The largest absolute Gasteiger partial charge is 0.325 e. The van der Waals surface area contributed by atoms with Crippen molar-refractivity contribution in [2.24, 2.45) is 5.73 Å². The number of hydrogen-bond acceptors (Lipinski definition) is 1. The van der Waals surface area contributed by atoms with Gasteiger partial charge in [0.25, 0.3) is 0 Å². The van der Waals surface area contributed by atoms with Crippen LogP contribution in [0.5, 0.6) is 0 Å². The van der Waals surface area contributed by atoms with Gasteiger partial charge in [-0.25, -0.2) is 0 Å². The lowest BCUT2D eigenvalue weighted by molar-refractivity contribution is 0.473. The minimum atomic E-state index is -0.239. The lowest BCUT2D eigenvalue weighted by atomic mass is 9.95. The van der Waals surface area contributed by atoms with E-state index in [1.165, 1.54) is 11.1 Å². The summed E-state index contributed by atoms with van der Waals surface area (Å²) in [4.78, 5) is 0. The van der Waals surface area contributed by atoms with Crippen LogP contribution in [0.1, 0.15) is 31.4 Å². The van der Waals surface area contributed by atoms with Crippen LogP contribution in [0.4, 0.5) is 4.39 Å². The molecule has 0 atom stereocenters. The van der Waals surface area contributed by atoms with Crippen molar-refractivity contribution >= 4 is 0 Å². The molecule has 0 heterocycles. The van der Waals surface area contributed by atoms with Gasteiger partial charge in [-0.2, -0.15) is 0 Å². The second kappa shape index (κ2) is 5.26. The van der Waals surface area contributed by atoms with Crippen LogP contribution in [-0.4, -0.2) is 12.2 Å². The van der Waals surface area contributed by atoms with Gasteiger partial charge >= 0.3 is 0 Å². The van der Waals surface area contributed by atoms with Crippen molar-refractivity contribution < 1.29 is 4.39 Å². The Kier molecular flexibility index (Phi) is 4.28. The molecule has 1 rings (SSSR count). The average Bonchev–Trinajstić information content (AvgIpc) is 2.14. The predicted molar refractivity (Wildman–Crippen MR) is 62.7 cm³/mol. The van der Waals surface area contributed by atoms with E-state index in [9.17, 15) is 4.39 Å². The molecule has 0 aromatic heterocycles. The summed E-state index contributed by atoms with van der Waals surface area (Å²) in [6.07, 6.45) is 2.31. The second-order valence-electron chi connectivity index (χ2n) is 4.77. The number of aryl methyl sites for hydroxylation is 1. The molecule has 0 radical (unpaired) electrons. The molecule has 15 heavy (non-hydrogen) atoms. The molecule has 0 amide bonds. The maximum Gasteiger partial charge on any atom is 0.0897 e. The molecule has 84 valence electrons. The van der Waals surface area contributed by atoms with Crippen molar-refractivity contribution in [1.29, 1.82) is 0 Å². The quantitative estimate of drug-likeness (QED) is 0.793. The van der Waals surface area contributed by atoms with Gasteiger partial charge in [0.05, 0.1) is 6.67 Å². The highest BCUT2D eigenvalue weighted by molar-refractivity contribution is 5.23. The zero-order valence-corrected chi connectivity index (χ0v) is 9.59. The Hall–Kier alpha value is -0.890. The molecule has 0 aliphatic rings. The number of hydrogen-bond donors (Lipinski definition) is 1. The zero-order chi connectivity index (χ0) is 11.3. The molecule has 0 spiro atoms. The molecule has 2 heteroatoms. The van der Waals surface area contributed by atoms with E-state index < -0.39 is 0 Å². The standard InChI is InChI=1S/C13H20FN/c1-13(2,15)10-12-7-5-11(6-8-12)4-3-9-14/h5-8H,3-4,9-10,15H2,1-2H3. The molecule has 0 saturated heterocycles. The zero-order valence-electron chi connectivity index (χ0n) is 9.59. The maximum absolute atomic E-state index is 12.0. The van der Waals surface area contributed by atoms with Gasteiger partial charge in [0, 0.05) is 5.54 Å². The molecule has 0 bridgehead atoms. The van der Waals surface area contributed by atoms with Crippen LogP contribution in [0, 0.1) is 0 Å². The molecule has 1 aromatic carbocycles. The van der Waals surface area contributed by atoms with Gasteiger partial charge < -0.3 is 5.73 Å². The second-order valence-corrected chi connectivity index (χ2v) is 4.77. The molecule has 0 saturated carbocycles. The van der Waals surface area contributed by atoms with Gasteiger partial charge in [0.1, 0.15) is 0 Å². The molecule has 0 unspecified atom stereocenters. The number of nitrogens with two attached hydrogens (primary N) is 1. The fraction of sp³-hybridized carbons (Fsp3) is 0.538. The first kappa shape index (κ1) is 12.2. The summed E-state index contributed by atoms with van der Waals surface area (Å²) in [5, 5.41) is 0. The summed E-state index contributed by atoms with van der Waals surface area (Å²) in [6, 6.07) is 8.30. The number of halogens is 1. The van der Waals surface area contributed by atoms with Crippen LogP contribution in [-0.2, 0) is 12.8 Å². The van der Waals surface area contributed by atoms with Gasteiger partial charge in [0.2, 0.25) is 0 Å². The Morgan fingerprint density at radius 1 is 1.13 bits per heavy atom. The monoisotopic (exact) mass is 209 g/mol. The van der Waals surface area contributed by atoms with Crippen LogP contribution in [0.25, 0.3) is 0 Å². The molecule has 0 aliphatic carbocycles. The minimum Gasteiger partial charge on any atom is -0.325 e. The predicted octanol–water partition coefficient (Wildman–Crippen LogP) is 2.87. The number of rotatable bonds is 5. The van der Waals surface area contributed by atoms with Crippen molar-refractivity contribution in [1.82, 2.24) is 0 Å². The topological polar surface area (TPSA) is 26.0 Å². The van der Waals surface area contributed by atoms with E-state index in [-0.39, 0.29) is 12.2 Å². The third-order valence-electron chi connectivity index (χ3n) is 2.28. The third kappa shape index (κ3) is 4.93. The van der Waals surface area contributed by atoms with Crippen molar-refractivity contribution in [2.75, 3.05) is 6.67 Å². The minimum absolute atomic E-state index is 0.166. The van der Waals surface area contributed by atoms with Crippen molar-refractivity contribution in [2.45, 2.75) is 38.6 Å².